The van der Waals surface area contributed by atoms with Crippen LogP contribution in [-0.2, 0) is 0 Å². The SMILES string of the molecule is Cc1cc(C(=O)NCC(O)c2ccccc2Cl)n[nH]1. The van der Waals surface area contributed by atoms with Crippen molar-refractivity contribution in [2.45, 2.75) is 13.0 Å². The monoisotopic (exact) mass is 279 g/mol. The van der Waals surface area contributed by atoms with Crippen LogP contribution in [-0.4, -0.2) is 27.8 Å². The van der Waals surface area contributed by atoms with Gasteiger partial charge in [-0.25, -0.2) is 0 Å². The molecule has 5 nitrogen and oxygen atoms in total. The predicted molar refractivity (Wildman–Crippen MR) is 72.1 cm³/mol. The van der Waals surface area contributed by atoms with Crippen LogP contribution < -0.4 is 5.32 Å². The summed E-state index contributed by atoms with van der Waals surface area (Å²) in [6.07, 6.45) is -0.849. The van der Waals surface area contributed by atoms with E-state index in [2.05, 4.69) is 15.5 Å². The number of carbonyl (C=O) groups is 1. The maximum atomic E-state index is 11.7. The van der Waals surface area contributed by atoms with Crippen LogP contribution in [0.1, 0.15) is 27.8 Å². The van der Waals surface area contributed by atoms with E-state index in [9.17, 15) is 9.90 Å². The average Bonchev–Trinajstić information content (AvgIpc) is 2.83. The zero-order chi connectivity index (χ0) is 13.8. The molecule has 0 spiro atoms. The highest BCUT2D eigenvalue weighted by Crippen LogP contribution is 2.21. The quantitative estimate of drug-likeness (QED) is 0.799. The highest BCUT2D eigenvalue weighted by molar-refractivity contribution is 6.31. The highest BCUT2D eigenvalue weighted by Gasteiger charge is 2.14. The molecule has 2 aromatic rings. The molecule has 1 aromatic heterocycles. The van der Waals surface area contributed by atoms with Crippen LogP contribution in [0.5, 0.6) is 0 Å². The molecule has 19 heavy (non-hydrogen) atoms. The second kappa shape index (κ2) is 5.86. The molecule has 0 aliphatic heterocycles. The predicted octanol–water partition coefficient (Wildman–Crippen LogP) is 1.83. The van der Waals surface area contributed by atoms with Gasteiger partial charge in [-0.1, -0.05) is 29.8 Å². The number of carbonyl (C=O) groups excluding carboxylic acids is 1. The van der Waals surface area contributed by atoms with E-state index in [-0.39, 0.29) is 12.5 Å². The fourth-order valence-corrected chi connectivity index (χ4v) is 1.93. The molecule has 0 saturated carbocycles. The Hall–Kier alpha value is -1.85. The molecule has 0 aliphatic carbocycles. The molecule has 0 radical (unpaired) electrons. The number of aliphatic hydroxyl groups is 1. The van der Waals surface area contributed by atoms with Crippen LogP contribution >= 0.6 is 11.6 Å². The molecule has 1 unspecified atom stereocenters. The lowest BCUT2D eigenvalue weighted by atomic mass is 10.1. The van der Waals surface area contributed by atoms with E-state index < -0.39 is 6.10 Å². The zero-order valence-corrected chi connectivity index (χ0v) is 11.1. The molecular formula is C13H14ClN3O2. The Balaban J connectivity index is 1.96. The minimum absolute atomic E-state index is 0.0779. The normalized spacial score (nSPS) is 12.2. The smallest absolute Gasteiger partial charge is 0.271 e. The number of aromatic amines is 1. The van der Waals surface area contributed by atoms with Crippen molar-refractivity contribution >= 4 is 17.5 Å². The highest BCUT2D eigenvalue weighted by atomic mass is 35.5. The lowest BCUT2D eigenvalue weighted by molar-refractivity contribution is 0.0911. The number of nitrogens with zero attached hydrogens (tertiary/aromatic N) is 1. The lowest BCUT2D eigenvalue weighted by Crippen LogP contribution is -2.28. The Bertz CT molecular complexity index is 583. The molecule has 0 fully saturated rings. The first-order valence-electron chi connectivity index (χ1n) is 5.80. The van der Waals surface area contributed by atoms with Crippen molar-refractivity contribution in [3.05, 3.63) is 52.3 Å². The van der Waals surface area contributed by atoms with Crippen molar-refractivity contribution in [2.75, 3.05) is 6.54 Å². The Kier molecular flexibility index (Phi) is 4.19. The van der Waals surface area contributed by atoms with Crippen molar-refractivity contribution in [3.63, 3.8) is 0 Å². The zero-order valence-electron chi connectivity index (χ0n) is 10.4. The van der Waals surface area contributed by atoms with E-state index in [1.54, 1.807) is 30.3 Å². The van der Waals surface area contributed by atoms with Gasteiger partial charge in [0, 0.05) is 22.8 Å². The number of amides is 1. The van der Waals surface area contributed by atoms with Crippen molar-refractivity contribution in [2.24, 2.45) is 0 Å². The fourth-order valence-electron chi connectivity index (χ4n) is 1.67. The number of benzene rings is 1. The summed E-state index contributed by atoms with van der Waals surface area (Å²) in [5, 5.41) is 19.6. The van der Waals surface area contributed by atoms with Gasteiger partial charge < -0.3 is 10.4 Å². The molecule has 0 bridgehead atoms. The van der Waals surface area contributed by atoms with E-state index >= 15 is 0 Å². The third-order valence-electron chi connectivity index (χ3n) is 2.66. The number of H-pyrrole nitrogens is 1. The van der Waals surface area contributed by atoms with Crippen molar-refractivity contribution in [3.8, 4) is 0 Å². The number of hydrogen-bond acceptors (Lipinski definition) is 3. The average molecular weight is 280 g/mol. The first-order chi connectivity index (χ1) is 9.08. The van der Waals surface area contributed by atoms with E-state index in [0.717, 1.165) is 5.69 Å². The van der Waals surface area contributed by atoms with Crippen LogP contribution in [0.4, 0.5) is 0 Å². The van der Waals surface area contributed by atoms with Crippen LogP contribution in [0.2, 0.25) is 5.02 Å². The van der Waals surface area contributed by atoms with Gasteiger partial charge >= 0.3 is 0 Å². The second-order valence-corrected chi connectivity index (χ2v) is 4.59. The molecule has 1 aromatic carbocycles. The number of aliphatic hydroxyl groups excluding tert-OH is 1. The van der Waals surface area contributed by atoms with Gasteiger partial charge in [0.2, 0.25) is 0 Å². The third-order valence-corrected chi connectivity index (χ3v) is 3.00. The molecule has 1 atom stereocenters. The second-order valence-electron chi connectivity index (χ2n) is 4.18. The lowest BCUT2D eigenvalue weighted by Gasteiger charge is -2.12. The Morgan fingerprint density at radius 1 is 1.53 bits per heavy atom. The summed E-state index contributed by atoms with van der Waals surface area (Å²) >= 11 is 5.96. The standard InChI is InChI=1S/C13H14ClN3O2/c1-8-6-11(17-16-8)13(19)15-7-12(18)9-4-2-3-5-10(9)14/h2-6,12,18H,7H2,1H3,(H,15,19)(H,16,17). The van der Waals surface area contributed by atoms with Crippen LogP contribution in [0.15, 0.2) is 30.3 Å². The summed E-state index contributed by atoms with van der Waals surface area (Å²) in [5.41, 5.74) is 1.68. The molecule has 100 valence electrons. The molecule has 1 amide bonds. The molecule has 0 saturated heterocycles. The van der Waals surface area contributed by atoms with Gasteiger partial charge in [-0.3, -0.25) is 9.89 Å². The number of nitrogens with one attached hydrogen (secondary N) is 2. The van der Waals surface area contributed by atoms with E-state index in [4.69, 9.17) is 11.6 Å². The van der Waals surface area contributed by atoms with Gasteiger partial charge in [-0.15, -0.1) is 0 Å². The summed E-state index contributed by atoms with van der Waals surface area (Å²) in [4.78, 5) is 11.7. The van der Waals surface area contributed by atoms with Crippen LogP contribution in [0.25, 0.3) is 0 Å². The minimum Gasteiger partial charge on any atom is -0.387 e. The van der Waals surface area contributed by atoms with Gasteiger partial charge in [0.15, 0.2) is 0 Å². The van der Waals surface area contributed by atoms with Crippen molar-refractivity contribution in [1.82, 2.24) is 15.5 Å². The first-order valence-corrected chi connectivity index (χ1v) is 6.18. The number of hydrogen-bond donors (Lipinski definition) is 3. The fraction of sp³-hybridized carbons (Fsp3) is 0.231. The van der Waals surface area contributed by atoms with Gasteiger partial charge in [-0.05, 0) is 19.1 Å². The summed E-state index contributed by atoms with van der Waals surface area (Å²) in [7, 11) is 0. The molecule has 2 rings (SSSR count). The summed E-state index contributed by atoms with van der Waals surface area (Å²) in [5.74, 6) is -0.338. The molecule has 0 aliphatic rings. The maximum absolute atomic E-state index is 11.7. The number of halogens is 1. The number of rotatable bonds is 4. The first kappa shape index (κ1) is 13.6. The molecule has 6 heteroatoms. The molecule has 3 N–H and O–H groups in total. The number of aromatic nitrogens is 2. The minimum atomic E-state index is -0.849. The van der Waals surface area contributed by atoms with E-state index in [1.165, 1.54) is 0 Å². The van der Waals surface area contributed by atoms with Gasteiger partial charge in [-0.2, -0.15) is 5.10 Å². The molecule has 1 heterocycles. The van der Waals surface area contributed by atoms with Crippen LogP contribution in [0, 0.1) is 6.92 Å². The van der Waals surface area contributed by atoms with E-state index in [0.29, 0.717) is 16.3 Å². The van der Waals surface area contributed by atoms with Crippen molar-refractivity contribution in [1.29, 1.82) is 0 Å². The van der Waals surface area contributed by atoms with Crippen LogP contribution in [0.3, 0.4) is 0 Å². The van der Waals surface area contributed by atoms with Gasteiger partial charge in [0.25, 0.3) is 5.91 Å². The topological polar surface area (TPSA) is 78.0 Å². The molecular weight excluding hydrogens is 266 g/mol. The van der Waals surface area contributed by atoms with Gasteiger partial charge in [0.05, 0.1) is 6.10 Å². The maximum Gasteiger partial charge on any atom is 0.271 e. The Morgan fingerprint density at radius 3 is 2.89 bits per heavy atom. The number of aryl methyl sites for hydroxylation is 1. The largest absolute Gasteiger partial charge is 0.387 e. The van der Waals surface area contributed by atoms with Crippen molar-refractivity contribution < 1.29 is 9.90 Å². The Morgan fingerprint density at radius 2 is 2.26 bits per heavy atom. The summed E-state index contributed by atoms with van der Waals surface area (Å²) in [6.45, 7) is 1.89. The third kappa shape index (κ3) is 3.33. The summed E-state index contributed by atoms with van der Waals surface area (Å²) < 4.78 is 0. The Labute approximate surface area is 115 Å². The van der Waals surface area contributed by atoms with Gasteiger partial charge in [0.1, 0.15) is 5.69 Å². The van der Waals surface area contributed by atoms with E-state index in [1.807, 2.05) is 6.92 Å². The summed E-state index contributed by atoms with van der Waals surface area (Å²) in [6, 6.07) is 8.61.